The lowest BCUT2D eigenvalue weighted by molar-refractivity contribution is -0.125. The van der Waals surface area contributed by atoms with Crippen molar-refractivity contribution in [2.24, 2.45) is 17.4 Å². The van der Waals surface area contributed by atoms with Gasteiger partial charge in [-0.3, -0.25) is 4.79 Å². The summed E-state index contributed by atoms with van der Waals surface area (Å²) < 4.78 is 5.71. The fraction of sp³-hybridized carbons (Fsp3) is 0.588. The number of rotatable bonds is 7. The predicted octanol–water partition coefficient (Wildman–Crippen LogP) is 2.35. The van der Waals surface area contributed by atoms with Crippen molar-refractivity contribution in [3.05, 3.63) is 29.8 Å². The molecular weight excluding hydrogens is 264 g/mol. The van der Waals surface area contributed by atoms with E-state index < -0.39 is 11.4 Å². The van der Waals surface area contributed by atoms with Gasteiger partial charge in [0.2, 0.25) is 5.91 Å². The van der Waals surface area contributed by atoms with Crippen molar-refractivity contribution in [3.63, 3.8) is 0 Å². The van der Waals surface area contributed by atoms with E-state index in [4.69, 9.17) is 16.2 Å². The molecule has 0 saturated heterocycles. The van der Waals surface area contributed by atoms with E-state index in [1.165, 1.54) is 5.56 Å². The van der Waals surface area contributed by atoms with Gasteiger partial charge in [-0.25, -0.2) is 0 Å². The highest BCUT2D eigenvalue weighted by Gasteiger charge is 2.47. The summed E-state index contributed by atoms with van der Waals surface area (Å²) in [4.78, 5) is 11.6. The normalized spacial score (nSPS) is 18.1. The van der Waals surface area contributed by atoms with Gasteiger partial charge in [-0.15, -0.1) is 0 Å². The lowest BCUT2D eigenvalue weighted by Crippen LogP contribution is -2.58. The van der Waals surface area contributed by atoms with Crippen molar-refractivity contribution in [1.29, 1.82) is 0 Å². The maximum Gasteiger partial charge on any atom is 0.241 e. The molecule has 4 nitrogen and oxygen atoms in total. The lowest BCUT2D eigenvalue weighted by Gasteiger charge is -2.26. The van der Waals surface area contributed by atoms with E-state index in [0.717, 1.165) is 25.0 Å². The summed E-state index contributed by atoms with van der Waals surface area (Å²) in [5, 5.41) is 0. The fourth-order valence-electron chi connectivity index (χ4n) is 2.40. The first-order valence-electron chi connectivity index (χ1n) is 7.62. The number of carbonyl (C=O) groups excluding carboxylic acids is 1. The first-order chi connectivity index (χ1) is 9.79. The molecule has 1 fully saturated rings. The van der Waals surface area contributed by atoms with Gasteiger partial charge in [-0.05, 0) is 48.3 Å². The van der Waals surface area contributed by atoms with Crippen LogP contribution in [0.4, 0.5) is 0 Å². The molecule has 1 aromatic carbocycles. The summed E-state index contributed by atoms with van der Waals surface area (Å²) in [7, 11) is 0. The van der Waals surface area contributed by atoms with Gasteiger partial charge >= 0.3 is 0 Å². The van der Waals surface area contributed by atoms with Crippen LogP contribution in [0, 0.1) is 5.92 Å². The summed E-state index contributed by atoms with van der Waals surface area (Å²) in [6.45, 7) is 6.75. The van der Waals surface area contributed by atoms with Crippen molar-refractivity contribution in [2.45, 2.75) is 51.0 Å². The van der Waals surface area contributed by atoms with Crippen molar-refractivity contribution in [3.8, 4) is 5.75 Å². The molecular formula is C17H26N2O2. The number of benzene rings is 1. The standard InChI is InChI=1S/C17H26N2O2/c1-4-16(2,3)12-7-9-14(10-8-12)21-11-17(19,15(18)20)13-5-6-13/h7-10,13H,4-6,11,19H2,1-3H3,(H2,18,20). The SMILES string of the molecule is CCC(C)(C)c1ccc(OCC(N)(C(N)=O)C2CC2)cc1. The largest absolute Gasteiger partial charge is 0.491 e. The fourth-order valence-corrected chi connectivity index (χ4v) is 2.40. The first-order valence-corrected chi connectivity index (χ1v) is 7.62. The Hall–Kier alpha value is -1.55. The Morgan fingerprint density at radius 3 is 2.29 bits per heavy atom. The van der Waals surface area contributed by atoms with Gasteiger partial charge in [0.1, 0.15) is 17.9 Å². The highest BCUT2D eigenvalue weighted by molar-refractivity contribution is 5.85. The Bertz CT molecular complexity index is 506. The van der Waals surface area contributed by atoms with E-state index in [9.17, 15) is 4.79 Å². The van der Waals surface area contributed by atoms with Crippen LogP contribution in [0.1, 0.15) is 45.6 Å². The Balaban J connectivity index is 2.02. The molecule has 0 aromatic heterocycles. The average molecular weight is 290 g/mol. The Kier molecular flexibility index (Phi) is 4.28. The minimum absolute atomic E-state index is 0.142. The molecule has 1 unspecified atom stereocenters. The molecule has 0 heterocycles. The highest BCUT2D eigenvalue weighted by atomic mass is 16.5. The zero-order valence-electron chi connectivity index (χ0n) is 13.2. The van der Waals surface area contributed by atoms with Gasteiger partial charge in [-0.1, -0.05) is 32.9 Å². The third kappa shape index (κ3) is 3.38. The van der Waals surface area contributed by atoms with Crippen LogP contribution in [0.15, 0.2) is 24.3 Å². The quantitative estimate of drug-likeness (QED) is 0.809. The number of hydrogen-bond acceptors (Lipinski definition) is 3. The maximum atomic E-state index is 11.6. The van der Waals surface area contributed by atoms with E-state index in [1.54, 1.807) is 0 Å². The smallest absolute Gasteiger partial charge is 0.241 e. The molecule has 116 valence electrons. The minimum atomic E-state index is -1.04. The van der Waals surface area contributed by atoms with Gasteiger partial charge < -0.3 is 16.2 Å². The Labute approximate surface area is 126 Å². The number of carbonyl (C=O) groups is 1. The number of hydrogen-bond donors (Lipinski definition) is 2. The van der Waals surface area contributed by atoms with Crippen LogP contribution >= 0.6 is 0 Å². The molecule has 0 bridgehead atoms. The van der Waals surface area contributed by atoms with Crippen LogP contribution in [0.2, 0.25) is 0 Å². The van der Waals surface area contributed by atoms with Gasteiger partial charge in [0, 0.05) is 0 Å². The number of nitrogens with two attached hydrogens (primary N) is 2. The predicted molar refractivity (Wildman–Crippen MR) is 84.1 cm³/mol. The Morgan fingerprint density at radius 2 is 1.86 bits per heavy atom. The van der Waals surface area contributed by atoms with Crippen molar-refractivity contribution >= 4 is 5.91 Å². The maximum absolute atomic E-state index is 11.6. The van der Waals surface area contributed by atoms with E-state index in [0.29, 0.717) is 0 Å². The van der Waals surface area contributed by atoms with Gasteiger partial charge in [-0.2, -0.15) is 0 Å². The molecule has 1 atom stereocenters. The summed E-state index contributed by atoms with van der Waals surface area (Å²) in [5.41, 5.74) is 11.9. The monoisotopic (exact) mass is 290 g/mol. The van der Waals surface area contributed by atoms with Gasteiger partial charge in [0.25, 0.3) is 0 Å². The molecule has 2 rings (SSSR count). The minimum Gasteiger partial charge on any atom is -0.491 e. The topological polar surface area (TPSA) is 78.3 Å². The Morgan fingerprint density at radius 1 is 1.29 bits per heavy atom. The molecule has 1 aliphatic rings. The first kappa shape index (κ1) is 15.8. The van der Waals surface area contributed by atoms with Crippen LogP contribution in [-0.4, -0.2) is 18.1 Å². The summed E-state index contributed by atoms with van der Waals surface area (Å²) in [6, 6.07) is 8.00. The van der Waals surface area contributed by atoms with Gasteiger partial charge in [0.15, 0.2) is 0 Å². The second-order valence-corrected chi connectivity index (χ2v) is 6.73. The molecule has 4 N–H and O–H groups in total. The van der Waals surface area contributed by atoms with Crippen LogP contribution in [0.25, 0.3) is 0 Å². The van der Waals surface area contributed by atoms with E-state index in [1.807, 2.05) is 12.1 Å². The van der Waals surface area contributed by atoms with Crippen LogP contribution in [-0.2, 0) is 10.2 Å². The van der Waals surface area contributed by atoms with Crippen molar-refractivity contribution in [2.75, 3.05) is 6.61 Å². The van der Waals surface area contributed by atoms with E-state index >= 15 is 0 Å². The molecule has 1 amide bonds. The van der Waals surface area contributed by atoms with Crippen molar-refractivity contribution < 1.29 is 9.53 Å². The molecule has 0 radical (unpaired) electrons. The third-order valence-corrected chi connectivity index (χ3v) is 4.76. The van der Waals surface area contributed by atoms with Crippen molar-refractivity contribution in [1.82, 2.24) is 0 Å². The molecule has 21 heavy (non-hydrogen) atoms. The molecule has 0 aliphatic heterocycles. The summed E-state index contributed by atoms with van der Waals surface area (Å²) in [6.07, 6.45) is 2.97. The van der Waals surface area contributed by atoms with E-state index in [2.05, 4.69) is 32.9 Å². The summed E-state index contributed by atoms with van der Waals surface area (Å²) >= 11 is 0. The lowest BCUT2D eigenvalue weighted by atomic mass is 9.82. The molecule has 1 aliphatic carbocycles. The zero-order valence-corrected chi connectivity index (χ0v) is 13.2. The third-order valence-electron chi connectivity index (χ3n) is 4.76. The molecule has 1 aromatic rings. The molecule has 4 heteroatoms. The molecule has 0 spiro atoms. The second kappa shape index (κ2) is 5.68. The van der Waals surface area contributed by atoms with Crippen LogP contribution in [0.3, 0.4) is 0 Å². The zero-order chi connectivity index (χ0) is 15.7. The summed E-state index contributed by atoms with van der Waals surface area (Å²) in [5.74, 6) is 0.407. The van der Waals surface area contributed by atoms with E-state index in [-0.39, 0.29) is 17.9 Å². The number of amides is 1. The highest BCUT2D eigenvalue weighted by Crippen LogP contribution is 2.38. The second-order valence-electron chi connectivity index (χ2n) is 6.73. The number of primary amides is 1. The molecule has 1 saturated carbocycles. The average Bonchev–Trinajstić information content (AvgIpc) is 3.30. The van der Waals surface area contributed by atoms with Crippen LogP contribution in [0.5, 0.6) is 5.75 Å². The number of ether oxygens (including phenoxy) is 1. The van der Waals surface area contributed by atoms with Gasteiger partial charge in [0.05, 0.1) is 0 Å². The van der Waals surface area contributed by atoms with Crippen LogP contribution < -0.4 is 16.2 Å².